The molecule has 0 spiro atoms. The highest BCUT2D eigenvalue weighted by atomic mass is 16.4. The van der Waals surface area contributed by atoms with E-state index in [4.69, 9.17) is 4.98 Å². The molecular formula is C26H35N3O3. The molecule has 172 valence electrons. The maximum Gasteiger partial charge on any atom is 0.303 e. The van der Waals surface area contributed by atoms with E-state index in [2.05, 4.69) is 10.2 Å². The van der Waals surface area contributed by atoms with Crippen LogP contribution in [0.2, 0.25) is 0 Å². The van der Waals surface area contributed by atoms with Gasteiger partial charge in [-0.15, -0.1) is 0 Å². The smallest absolute Gasteiger partial charge is 0.303 e. The van der Waals surface area contributed by atoms with E-state index in [9.17, 15) is 14.7 Å². The topological polar surface area (TPSA) is 82.5 Å². The monoisotopic (exact) mass is 437 g/mol. The van der Waals surface area contributed by atoms with E-state index < -0.39 is 5.97 Å². The van der Waals surface area contributed by atoms with Gasteiger partial charge in [0.2, 0.25) is 0 Å². The molecule has 5 saturated carbocycles. The van der Waals surface area contributed by atoms with Crippen molar-refractivity contribution < 1.29 is 14.7 Å². The molecule has 1 aromatic heterocycles. The molecule has 32 heavy (non-hydrogen) atoms. The number of amides is 1. The summed E-state index contributed by atoms with van der Waals surface area (Å²) in [7, 11) is 0. The molecule has 7 rings (SSSR count). The molecule has 0 radical (unpaired) electrons. The second-order valence-electron chi connectivity index (χ2n) is 11.4. The van der Waals surface area contributed by atoms with Crippen molar-refractivity contribution >= 4 is 17.7 Å². The number of carboxylic acids is 1. The Balaban J connectivity index is 1.19. The Hall–Kier alpha value is -2.11. The van der Waals surface area contributed by atoms with E-state index in [1.165, 1.54) is 32.1 Å². The van der Waals surface area contributed by atoms with Gasteiger partial charge in [-0.2, -0.15) is 0 Å². The van der Waals surface area contributed by atoms with Gasteiger partial charge in [0.1, 0.15) is 5.82 Å². The third-order valence-corrected chi connectivity index (χ3v) is 8.95. The van der Waals surface area contributed by atoms with Crippen LogP contribution in [0.25, 0.3) is 0 Å². The van der Waals surface area contributed by atoms with Crippen LogP contribution in [-0.2, 0) is 4.79 Å². The Kier molecular flexibility index (Phi) is 5.14. The van der Waals surface area contributed by atoms with Crippen LogP contribution in [0.4, 0.5) is 5.82 Å². The van der Waals surface area contributed by atoms with Crippen molar-refractivity contribution in [2.45, 2.75) is 76.2 Å². The van der Waals surface area contributed by atoms with Gasteiger partial charge in [0.25, 0.3) is 5.91 Å². The number of carbonyl (C=O) groups excluding carboxylic acids is 1. The van der Waals surface area contributed by atoms with Gasteiger partial charge in [0.15, 0.2) is 0 Å². The van der Waals surface area contributed by atoms with Gasteiger partial charge in [-0.1, -0.05) is 0 Å². The van der Waals surface area contributed by atoms with Crippen LogP contribution < -0.4 is 10.2 Å². The Bertz CT molecular complexity index is 884. The molecular weight excluding hydrogens is 402 g/mol. The number of rotatable bonds is 6. The summed E-state index contributed by atoms with van der Waals surface area (Å²) in [5, 5.41) is 12.6. The summed E-state index contributed by atoms with van der Waals surface area (Å²) in [6, 6.07) is 4.32. The highest BCUT2D eigenvalue weighted by molar-refractivity contribution is 5.96. The van der Waals surface area contributed by atoms with Gasteiger partial charge in [0, 0.05) is 31.5 Å². The van der Waals surface area contributed by atoms with Crippen molar-refractivity contribution in [3.8, 4) is 0 Å². The summed E-state index contributed by atoms with van der Waals surface area (Å²) >= 11 is 0. The zero-order valence-corrected chi connectivity index (χ0v) is 18.8. The Morgan fingerprint density at radius 3 is 2.41 bits per heavy atom. The fourth-order valence-corrected chi connectivity index (χ4v) is 7.58. The Labute approximate surface area is 190 Å². The van der Waals surface area contributed by atoms with Crippen LogP contribution >= 0.6 is 0 Å². The van der Waals surface area contributed by atoms with Crippen molar-refractivity contribution in [2.75, 3.05) is 18.0 Å². The van der Waals surface area contributed by atoms with Gasteiger partial charge in [0.05, 0.1) is 11.3 Å². The summed E-state index contributed by atoms with van der Waals surface area (Å²) in [4.78, 5) is 31.8. The minimum atomic E-state index is -0.722. The number of hydrogen-bond donors (Lipinski definition) is 2. The minimum absolute atomic E-state index is 0.0748. The fourth-order valence-electron chi connectivity index (χ4n) is 7.58. The normalized spacial score (nSPS) is 35.7. The standard InChI is InChI=1S/C26H35N3O3/c30-23(31)13-15-2-1-7-29(14-15)22-6-5-21(25(27-22)18-3-4-18)26(32)28-24-19-9-16-8-17(11-19)12-20(24)10-16/h5-6,15-20,24H,1-4,7-14H2,(H,28,32)(H,30,31). The molecule has 4 bridgehead atoms. The largest absolute Gasteiger partial charge is 0.481 e. The predicted octanol–water partition coefficient (Wildman–Crippen LogP) is 4.20. The lowest BCUT2D eigenvalue weighted by molar-refractivity contribution is -0.138. The minimum Gasteiger partial charge on any atom is -0.481 e. The Morgan fingerprint density at radius 2 is 1.75 bits per heavy atom. The van der Waals surface area contributed by atoms with Gasteiger partial charge >= 0.3 is 5.97 Å². The lowest BCUT2D eigenvalue weighted by Gasteiger charge is -2.54. The summed E-state index contributed by atoms with van der Waals surface area (Å²) in [5.41, 5.74) is 1.73. The molecule has 1 amide bonds. The molecule has 2 heterocycles. The molecule has 0 aromatic carbocycles. The first-order valence-electron chi connectivity index (χ1n) is 12.8. The van der Waals surface area contributed by atoms with Crippen LogP contribution in [-0.4, -0.2) is 41.1 Å². The maximum absolute atomic E-state index is 13.4. The fraction of sp³-hybridized carbons (Fsp3) is 0.731. The number of pyridine rings is 1. The number of carbonyl (C=O) groups is 2. The zero-order valence-electron chi connectivity index (χ0n) is 18.8. The first-order valence-corrected chi connectivity index (χ1v) is 12.8. The molecule has 6 heteroatoms. The number of aliphatic carboxylic acids is 1. The molecule has 1 atom stereocenters. The van der Waals surface area contributed by atoms with Crippen molar-refractivity contribution in [3.05, 3.63) is 23.4 Å². The van der Waals surface area contributed by atoms with Gasteiger partial charge in [-0.25, -0.2) is 4.98 Å². The number of nitrogens with zero attached hydrogens (tertiary/aromatic N) is 2. The van der Waals surface area contributed by atoms with Crippen LogP contribution in [0.1, 0.15) is 86.2 Å². The molecule has 6 nitrogen and oxygen atoms in total. The van der Waals surface area contributed by atoms with Crippen molar-refractivity contribution in [2.24, 2.45) is 29.6 Å². The van der Waals surface area contributed by atoms with E-state index in [1.54, 1.807) is 0 Å². The van der Waals surface area contributed by atoms with E-state index in [1.807, 2.05) is 12.1 Å². The molecule has 1 aromatic rings. The van der Waals surface area contributed by atoms with Gasteiger partial charge in [-0.05, 0) is 99.5 Å². The first kappa shape index (κ1) is 20.5. The summed E-state index contributed by atoms with van der Waals surface area (Å²) in [5.74, 6) is 3.99. The summed E-state index contributed by atoms with van der Waals surface area (Å²) in [6.45, 7) is 1.65. The molecule has 5 aliphatic carbocycles. The second kappa shape index (κ2) is 8.03. The van der Waals surface area contributed by atoms with Crippen LogP contribution in [0.5, 0.6) is 0 Å². The number of piperidine rings is 1. The second-order valence-corrected chi connectivity index (χ2v) is 11.4. The van der Waals surface area contributed by atoms with E-state index in [0.717, 1.165) is 67.7 Å². The molecule has 6 aliphatic rings. The molecule has 1 unspecified atom stereocenters. The number of hydrogen-bond acceptors (Lipinski definition) is 4. The number of nitrogens with one attached hydrogen (secondary N) is 1. The third kappa shape index (κ3) is 3.90. The van der Waals surface area contributed by atoms with Crippen LogP contribution in [0.15, 0.2) is 12.1 Å². The lowest BCUT2D eigenvalue weighted by Crippen LogP contribution is -2.55. The number of aromatic nitrogens is 1. The average Bonchev–Trinajstić information content (AvgIpc) is 3.60. The van der Waals surface area contributed by atoms with Gasteiger partial charge < -0.3 is 15.3 Å². The highest BCUT2D eigenvalue weighted by Gasteiger charge is 2.48. The first-order chi connectivity index (χ1) is 15.5. The maximum atomic E-state index is 13.4. The molecule has 1 saturated heterocycles. The highest BCUT2D eigenvalue weighted by Crippen LogP contribution is 2.53. The molecule has 1 aliphatic heterocycles. The zero-order chi connectivity index (χ0) is 21.8. The number of anilines is 1. The lowest BCUT2D eigenvalue weighted by atomic mass is 9.54. The van der Waals surface area contributed by atoms with Crippen LogP contribution in [0.3, 0.4) is 0 Å². The quantitative estimate of drug-likeness (QED) is 0.697. The molecule has 2 N–H and O–H groups in total. The average molecular weight is 438 g/mol. The van der Waals surface area contributed by atoms with Crippen molar-refractivity contribution in [1.82, 2.24) is 10.3 Å². The van der Waals surface area contributed by atoms with Crippen LogP contribution in [0, 0.1) is 29.6 Å². The summed E-state index contributed by atoms with van der Waals surface area (Å²) < 4.78 is 0. The number of carboxylic acid groups (broad SMARTS) is 1. The van der Waals surface area contributed by atoms with E-state index in [-0.39, 0.29) is 18.2 Å². The van der Waals surface area contributed by atoms with E-state index >= 15 is 0 Å². The van der Waals surface area contributed by atoms with Crippen molar-refractivity contribution in [3.63, 3.8) is 0 Å². The van der Waals surface area contributed by atoms with Crippen molar-refractivity contribution in [1.29, 1.82) is 0 Å². The predicted molar refractivity (Wildman–Crippen MR) is 122 cm³/mol. The Morgan fingerprint density at radius 1 is 1.03 bits per heavy atom. The van der Waals surface area contributed by atoms with Gasteiger partial charge in [-0.3, -0.25) is 9.59 Å². The third-order valence-electron chi connectivity index (χ3n) is 8.95. The molecule has 6 fully saturated rings. The SMILES string of the molecule is O=C(O)CC1CCCN(c2ccc(C(=O)NC3C4CC5CC(C4)CC3C5)c(C3CC3)n2)C1. The summed E-state index contributed by atoms with van der Waals surface area (Å²) in [6.07, 6.45) is 11.0. The van der Waals surface area contributed by atoms with E-state index in [0.29, 0.717) is 23.8 Å².